The molecule has 0 aromatic rings. The van der Waals surface area contributed by atoms with E-state index in [1.54, 1.807) is 12.0 Å². The van der Waals surface area contributed by atoms with E-state index in [4.69, 9.17) is 4.74 Å². The maximum atomic E-state index is 12.1. The van der Waals surface area contributed by atoms with Crippen LogP contribution in [0.15, 0.2) is 0 Å². The Balaban J connectivity index is 1.87. The maximum absolute atomic E-state index is 12.1. The van der Waals surface area contributed by atoms with Gasteiger partial charge in [0.15, 0.2) is 0 Å². The Morgan fingerprint density at radius 1 is 1.33 bits per heavy atom. The Labute approximate surface area is 107 Å². The molecule has 2 rings (SSSR count). The lowest BCUT2D eigenvalue weighted by molar-refractivity contribution is -0.160. The van der Waals surface area contributed by atoms with Crippen molar-refractivity contribution in [3.05, 3.63) is 0 Å². The Morgan fingerprint density at radius 3 is 2.33 bits per heavy atom. The summed E-state index contributed by atoms with van der Waals surface area (Å²) >= 11 is 0. The van der Waals surface area contributed by atoms with E-state index in [1.165, 1.54) is 0 Å². The summed E-state index contributed by atoms with van der Waals surface area (Å²) in [5.74, 6) is -0.819. The molecular formula is C13H21NO4. The first-order chi connectivity index (χ1) is 8.57. The number of carboxylic acid groups (broad SMARTS) is 1. The fourth-order valence-electron chi connectivity index (χ4n) is 2.81. The molecule has 0 bridgehead atoms. The summed E-state index contributed by atoms with van der Waals surface area (Å²) in [6.07, 6.45) is 4.31. The van der Waals surface area contributed by atoms with Gasteiger partial charge in [-0.25, -0.2) is 0 Å². The number of carbonyl (C=O) groups excluding carboxylic acids is 1. The van der Waals surface area contributed by atoms with E-state index in [1.807, 2.05) is 0 Å². The van der Waals surface area contributed by atoms with Crippen molar-refractivity contribution >= 4 is 11.9 Å². The monoisotopic (exact) mass is 255 g/mol. The highest BCUT2D eigenvalue weighted by Gasteiger charge is 2.46. The van der Waals surface area contributed by atoms with E-state index < -0.39 is 11.4 Å². The van der Waals surface area contributed by atoms with Crippen molar-refractivity contribution in [1.29, 1.82) is 0 Å². The lowest BCUT2D eigenvalue weighted by Crippen LogP contribution is -2.46. The number of rotatable bonds is 4. The van der Waals surface area contributed by atoms with Crippen LogP contribution in [-0.2, 0) is 14.3 Å². The molecule has 5 nitrogen and oxygen atoms in total. The number of hydrogen-bond acceptors (Lipinski definition) is 3. The third-order valence-electron chi connectivity index (χ3n) is 4.38. The summed E-state index contributed by atoms with van der Waals surface area (Å²) in [6, 6.07) is 0. The molecule has 1 aliphatic carbocycles. The lowest BCUT2D eigenvalue weighted by atomic mass is 9.66. The van der Waals surface area contributed by atoms with Gasteiger partial charge in [0, 0.05) is 26.6 Å². The second kappa shape index (κ2) is 5.26. The first kappa shape index (κ1) is 13.3. The van der Waals surface area contributed by atoms with Crippen LogP contribution >= 0.6 is 0 Å². The molecule has 1 saturated carbocycles. The molecule has 0 aromatic heterocycles. The molecule has 0 aromatic carbocycles. The highest BCUT2D eigenvalue weighted by molar-refractivity contribution is 5.85. The first-order valence-corrected chi connectivity index (χ1v) is 6.61. The Bertz CT molecular complexity index is 330. The third-order valence-corrected chi connectivity index (χ3v) is 4.38. The van der Waals surface area contributed by atoms with Crippen molar-refractivity contribution in [2.24, 2.45) is 5.41 Å². The van der Waals surface area contributed by atoms with E-state index >= 15 is 0 Å². The second-order valence-electron chi connectivity index (χ2n) is 5.43. The molecule has 18 heavy (non-hydrogen) atoms. The largest absolute Gasteiger partial charge is 0.481 e. The lowest BCUT2D eigenvalue weighted by Gasteiger charge is -2.39. The van der Waals surface area contributed by atoms with Crippen molar-refractivity contribution in [2.45, 2.75) is 44.6 Å². The zero-order chi connectivity index (χ0) is 13.2. The minimum absolute atomic E-state index is 0.00773. The molecule has 5 heteroatoms. The zero-order valence-corrected chi connectivity index (χ0v) is 10.9. The van der Waals surface area contributed by atoms with Gasteiger partial charge >= 0.3 is 5.97 Å². The quantitative estimate of drug-likeness (QED) is 0.821. The number of ether oxygens (including phenoxy) is 1. The topological polar surface area (TPSA) is 66.8 Å². The summed E-state index contributed by atoms with van der Waals surface area (Å²) in [6.45, 7) is 1.38. The molecule has 2 fully saturated rings. The van der Waals surface area contributed by atoms with Gasteiger partial charge in [0.05, 0.1) is 11.5 Å². The smallest absolute Gasteiger partial charge is 0.310 e. The Kier molecular flexibility index (Phi) is 3.90. The minimum atomic E-state index is -0.811. The van der Waals surface area contributed by atoms with E-state index in [2.05, 4.69) is 0 Å². The molecule has 102 valence electrons. The molecule has 0 radical (unpaired) electrons. The van der Waals surface area contributed by atoms with Crippen LogP contribution in [0.25, 0.3) is 0 Å². The van der Waals surface area contributed by atoms with Crippen molar-refractivity contribution in [3.63, 3.8) is 0 Å². The summed E-state index contributed by atoms with van der Waals surface area (Å²) in [5.41, 5.74) is -0.769. The normalized spacial score (nSPS) is 23.5. The highest BCUT2D eigenvalue weighted by atomic mass is 16.5. The van der Waals surface area contributed by atoms with Crippen molar-refractivity contribution < 1.29 is 19.4 Å². The van der Waals surface area contributed by atoms with Crippen molar-refractivity contribution in [2.75, 3.05) is 20.2 Å². The first-order valence-electron chi connectivity index (χ1n) is 6.61. The van der Waals surface area contributed by atoms with Crippen molar-refractivity contribution in [1.82, 2.24) is 4.90 Å². The van der Waals surface area contributed by atoms with Crippen LogP contribution in [0.5, 0.6) is 0 Å². The van der Waals surface area contributed by atoms with Gasteiger partial charge in [-0.2, -0.15) is 0 Å². The fourth-order valence-corrected chi connectivity index (χ4v) is 2.81. The number of methoxy groups -OCH3 is 1. The van der Waals surface area contributed by atoms with Crippen LogP contribution in [0.2, 0.25) is 0 Å². The minimum Gasteiger partial charge on any atom is -0.481 e. The van der Waals surface area contributed by atoms with Crippen LogP contribution < -0.4 is 0 Å². The Morgan fingerprint density at radius 2 is 1.94 bits per heavy atom. The molecule has 0 unspecified atom stereocenters. The zero-order valence-electron chi connectivity index (χ0n) is 10.9. The number of likely N-dealkylation sites (tertiary alicyclic amines) is 1. The van der Waals surface area contributed by atoms with E-state index in [0.29, 0.717) is 25.9 Å². The van der Waals surface area contributed by atoms with Crippen molar-refractivity contribution in [3.8, 4) is 0 Å². The maximum Gasteiger partial charge on any atom is 0.310 e. The summed E-state index contributed by atoms with van der Waals surface area (Å²) in [5, 5.41) is 9.22. The molecule has 1 saturated heterocycles. The standard InChI is InChI=1S/C13H21NO4/c1-18-10-3-7-14(8-4-10)11(15)9-13(12(16)17)5-2-6-13/h10H,2-9H2,1H3,(H,16,17). The highest BCUT2D eigenvalue weighted by Crippen LogP contribution is 2.44. The number of nitrogens with zero attached hydrogens (tertiary/aromatic N) is 1. The van der Waals surface area contributed by atoms with Gasteiger partial charge in [-0.15, -0.1) is 0 Å². The van der Waals surface area contributed by atoms with Gasteiger partial charge in [0.1, 0.15) is 0 Å². The van der Waals surface area contributed by atoms with Gasteiger partial charge in [-0.05, 0) is 25.7 Å². The molecule has 0 atom stereocenters. The van der Waals surface area contributed by atoms with Crippen LogP contribution in [0.3, 0.4) is 0 Å². The molecule has 2 aliphatic rings. The number of amides is 1. The molecular weight excluding hydrogens is 234 g/mol. The van der Waals surface area contributed by atoms with Gasteiger partial charge in [0.2, 0.25) is 5.91 Å². The number of aliphatic carboxylic acids is 1. The fraction of sp³-hybridized carbons (Fsp3) is 0.846. The van der Waals surface area contributed by atoms with Crippen LogP contribution in [0.1, 0.15) is 38.5 Å². The number of carboxylic acids is 1. The molecule has 1 heterocycles. The van der Waals surface area contributed by atoms with Crippen LogP contribution in [0.4, 0.5) is 0 Å². The molecule has 1 amide bonds. The molecule has 1 aliphatic heterocycles. The molecule has 0 spiro atoms. The predicted octanol–water partition coefficient (Wildman–Crippen LogP) is 1.27. The summed E-state index contributed by atoms with van der Waals surface area (Å²) in [4.78, 5) is 25.1. The van der Waals surface area contributed by atoms with Gasteiger partial charge in [0.25, 0.3) is 0 Å². The number of carbonyl (C=O) groups is 2. The van der Waals surface area contributed by atoms with E-state index in [-0.39, 0.29) is 18.4 Å². The number of piperidine rings is 1. The predicted molar refractivity (Wildman–Crippen MR) is 65.1 cm³/mol. The van der Waals surface area contributed by atoms with E-state index in [0.717, 1.165) is 19.3 Å². The number of hydrogen-bond donors (Lipinski definition) is 1. The summed E-state index contributed by atoms with van der Waals surface area (Å²) < 4.78 is 5.26. The van der Waals surface area contributed by atoms with Gasteiger partial charge < -0.3 is 14.7 Å². The van der Waals surface area contributed by atoms with Crippen LogP contribution in [0, 0.1) is 5.41 Å². The average Bonchev–Trinajstić information content (AvgIpc) is 2.33. The van der Waals surface area contributed by atoms with E-state index in [9.17, 15) is 14.7 Å². The van der Waals surface area contributed by atoms with Crippen LogP contribution in [-0.4, -0.2) is 48.2 Å². The van der Waals surface area contributed by atoms with Gasteiger partial charge in [-0.3, -0.25) is 9.59 Å². The third kappa shape index (κ3) is 2.51. The van der Waals surface area contributed by atoms with Gasteiger partial charge in [-0.1, -0.05) is 6.42 Å². The second-order valence-corrected chi connectivity index (χ2v) is 5.43. The SMILES string of the molecule is COC1CCN(C(=O)CC2(C(=O)O)CCC2)CC1. The average molecular weight is 255 g/mol. The molecule has 1 N–H and O–H groups in total. The summed E-state index contributed by atoms with van der Waals surface area (Å²) in [7, 11) is 1.69. The Hall–Kier alpha value is -1.10.